The Hall–Kier alpha value is -3.42. The van der Waals surface area contributed by atoms with Crippen molar-refractivity contribution in [2.45, 2.75) is 0 Å². The van der Waals surface area contributed by atoms with Gasteiger partial charge in [0.25, 0.3) is 5.75 Å². The molecule has 0 fully saturated rings. The highest BCUT2D eigenvalue weighted by atomic mass is 16.6. The van der Waals surface area contributed by atoms with E-state index >= 15 is 0 Å². The van der Waals surface area contributed by atoms with Crippen molar-refractivity contribution in [3.8, 4) is 5.75 Å². The molecule has 0 aromatic heterocycles. The first kappa shape index (κ1) is 14.5. The number of hydrogen-bond acceptors (Lipinski definition) is 6. The van der Waals surface area contributed by atoms with Crippen molar-refractivity contribution in [1.29, 1.82) is 0 Å². The Morgan fingerprint density at radius 3 is 2.30 bits per heavy atom. The zero-order valence-electron chi connectivity index (χ0n) is 11.7. The van der Waals surface area contributed by atoms with Gasteiger partial charge in [-0.2, -0.15) is 0 Å². The number of nitrogens with one attached hydrogen (secondary N) is 1. The van der Waals surface area contributed by atoms with Gasteiger partial charge in [-0.25, -0.2) is 0 Å². The van der Waals surface area contributed by atoms with E-state index in [2.05, 4.69) is 5.32 Å². The SMILES string of the molecule is O=[N+]([O-])c1cc(C=C2CNc3ccccc32)cc([N+](=O)[O-])c1O. The Morgan fingerprint density at radius 2 is 1.70 bits per heavy atom. The van der Waals surface area contributed by atoms with Gasteiger partial charge in [-0.05, 0) is 23.3 Å². The van der Waals surface area contributed by atoms with Gasteiger partial charge in [-0.15, -0.1) is 0 Å². The predicted molar refractivity (Wildman–Crippen MR) is 84.2 cm³/mol. The molecular formula is C15H11N3O5. The lowest BCUT2D eigenvalue weighted by atomic mass is 10.0. The summed E-state index contributed by atoms with van der Waals surface area (Å²) in [6.07, 6.45) is 1.64. The smallest absolute Gasteiger partial charge is 0.318 e. The minimum absolute atomic E-state index is 0.287. The van der Waals surface area contributed by atoms with Crippen LogP contribution in [0.25, 0.3) is 11.6 Å². The third-order valence-electron chi connectivity index (χ3n) is 3.57. The molecule has 2 aromatic rings. The maximum atomic E-state index is 11.0. The van der Waals surface area contributed by atoms with E-state index in [-0.39, 0.29) is 5.56 Å². The zero-order chi connectivity index (χ0) is 16.6. The van der Waals surface area contributed by atoms with Crippen molar-refractivity contribution >= 4 is 28.7 Å². The van der Waals surface area contributed by atoms with E-state index in [0.717, 1.165) is 29.0 Å². The molecule has 1 heterocycles. The third kappa shape index (κ3) is 2.57. The van der Waals surface area contributed by atoms with Crippen molar-refractivity contribution in [1.82, 2.24) is 0 Å². The second kappa shape index (κ2) is 5.41. The average molecular weight is 313 g/mol. The summed E-state index contributed by atoms with van der Waals surface area (Å²) in [4.78, 5) is 20.3. The van der Waals surface area contributed by atoms with Gasteiger partial charge in [0, 0.05) is 29.9 Å². The minimum Gasteiger partial charge on any atom is -0.497 e. The van der Waals surface area contributed by atoms with Crippen LogP contribution in [0.4, 0.5) is 17.1 Å². The molecule has 8 heteroatoms. The van der Waals surface area contributed by atoms with E-state index in [9.17, 15) is 25.3 Å². The van der Waals surface area contributed by atoms with E-state index in [1.54, 1.807) is 6.08 Å². The number of phenolic OH excluding ortho intramolecular Hbond substituents is 1. The molecule has 2 aromatic carbocycles. The van der Waals surface area contributed by atoms with Crippen molar-refractivity contribution in [3.63, 3.8) is 0 Å². The second-order valence-corrected chi connectivity index (χ2v) is 4.99. The topological polar surface area (TPSA) is 119 Å². The Morgan fingerprint density at radius 1 is 1.09 bits per heavy atom. The van der Waals surface area contributed by atoms with Crippen molar-refractivity contribution in [3.05, 3.63) is 67.8 Å². The normalized spacial score (nSPS) is 14.3. The zero-order valence-corrected chi connectivity index (χ0v) is 11.7. The molecule has 1 aliphatic rings. The maximum absolute atomic E-state index is 11.0. The van der Waals surface area contributed by atoms with Gasteiger partial charge in [0.15, 0.2) is 0 Å². The Kier molecular flexibility index (Phi) is 3.41. The van der Waals surface area contributed by atoms with Gasteiger partial charge in [0.1, 0.15) is 0 Å². The van der Waals surface area contributed by atoms with E-state index < -0.39 is 27.0 Å². The number of para-hydroxylation sites is 1. The summed E-state index contributed by atoms with van der Waals surface area (Å²) in [6.45, 7) is 0.516. The van der Waals surface area contributed by atoms with Gasteiger partial charge < -0.3 is 10.4 Å². The van der Waals surface area contributed by atoms with Gasteiger partial charge in [0.05, 0.1) is 9.85 Å². The number of nitrogens with zero attached hydrogens (tertiary/aromatic N) is 2. The van der Waals surface area contributed by atoms with Crippen LogP contribution in [0.3, 0.4) is 0 Å². The second-order valence-electron chi connectivity index (χ2n) is 4.99. The van der Waals surface area contributed by atoms with E-state index in [1.165, 1.54) is 0 Å². The molecule has 0 saturated carbocycles. The summed E-state index contributed by atoms with van der Waals surface area (Å²) >= 11 is 0. The summed E-state index contributed by atoms with van der Waals surface area (Å²) < 4.78 is 0. The average Bonchev–Trinajstić information content (AvgIpc) is 2.91. The molecule has 3 rings (SSSR count). The number of nitro groups is 2. The lowest BCUT2D eigenvalue weighted by molar-refractivity contribution is -0.396. The van der Waals surface area contributed by atoms with Crippen LogP contribution in [0, 0.1) is 20.2 Å². The van der Waals surface area contributed by atoms with Crippen molar-refractivity contribution in [2.75, 3.05) is 11.9 Å². The fraction of sp³-hybridized carbons (Fsp3) is 0.0667. The van der Waals surface area contributed by atoms with Crippen LogP contribution in [-0.4, -0.2) is 21.5 Å². The molecule has 23 heavy (non-hydrogen) atoms. The Labute approximate surface area is 130 Å². The number of phenols is 1. The van der Waals surface area contributed by atoms with Crippen LogP contribution in [-0.2, 0) is 0 Å². The highest BCUT2D eigenvalue weighted by Crippen LogP contribution is 2.38. The number of benzene rings is 2. The standard InChI is InChI=1S/C15H11N3O5/c19-15-13(17(20)21)6-9(7-14(15)18(22)23)5-10-8-16-12-4-2-1-3-11(10)12/h1-7,16,19H,8H2. The summed E-state index contributed by atoms with van der Waals surface area (Å²) in [5, 5.41) is 34.8. The Bertz CT molecular complexity index is 825. The highest BCUT2D eigenvalue weighted by molar-refractivity contribution is 5.93. The first-order valence-electron chi connectivity index (χ1n) is 6.67. The number of rotatable bonds is 3. The molecule has 0 spiro atoms. The maximum Gasteiger partial charge on any atom is 0.318 e. The number of nitro benzene ring substituents is 2. The highest BCUT2D eigenvalue weighted by Gasteiger charge is 2.26. The van der Waals surface area contributed by atoms with Crippen molar-refractivity contribution in [2.24, 2.45) is 0 Å². The predicted octanol–water partition coefficient (Wildman–Crippen LogP) is 3.17. The molecule has 2 N–H and O–H groups in total. The number of anilines is 1. The molecule has 0 bridgehead atoms. The fourth-order valence-electron chi connectivity index (χ4n) is 2.52. The lowest BCUT2D eigenvalue weighted by Crippen LogP contribution is -1.96. The van der Waals surface area contributed by atoms with Crippen LogP contribution in [0.15, 0.2) is 36.4 Å². The van der Waals surface area contributed by atoms with E-state index in [4.69, 9.17) is 0 Å². The summed E-state index contributed by atoms with van der Waals surface area (Å²) in [5.74, 6) is -0.938. The van der Waals surface area contributed by atoms with Crippen molar-refractivity contribution < 1.29 is 15.0 Å². The number of fused-ring (bicyclic) bond motifs is 1. The molecule has 0 amide bonds. The van der Waals surface area contributed by atoms with E-state index in [1.807, 2.05) is 24.3 Å². The quantitative estimate of drug-likeness (QED) is 0.663. The molecule has 1 aliphatic heterocycles. The van der Waals surface area contributed by atoms with Crippen LogP contribution in [0.2, 0.25) is 0 Å². The first-order chi connectivity index (χ1) is 11.0. The number of aromatic hydroxyl groups is 1. The van der Waals surface area contributed by atoms with E-state index in [0.29, 0.717) is 6.54 Å². The summed E-state index contributed by atoms with van der Waals surface area (Å²) in [6, 6.07) is 9.78. The molecule has 0 aliphatic carbocycles. The van der Waals surface area contributed by atoms with Crippen LogP contribution >= 0.6 is 0 Å². The summed E-state index contributed by atoms with van der Waals surface area (Å²) in [7, 11) is 0. The summed E-state index contributed by atoms with van der Waals surface area (Å²) in [5.41, 5.74) is 1.63. The molecule has 0 atom stereocenters. The molecule has 116 valence electrons. The van der Waals surface area contributed by atoms with Gasteiger partial charge in [-0.3, -0.25) is 20.2 Å². The number of hydrogen-bond donors (Lipinski definition) is 2. The molecule has 8 nitrogen and oxygen atoms in total. The van der Waals surface area contributed by atoms with Crippen LogP contribution in [0.1, 0.15) is 11.1 Å². The van der Waals surface area contributed by atoms with Crippen LogP contribution in [0.5, 0.6) is 5.75 Å². The van der Waals surface area contributed by atoms with Crippen LogP contribution < -0.4 is 5.32 Å². The minimum atomic E-state index is -0.938. The molecule has 0 unspecified atom stereocenters. The lowest BCUT2D eigenvalue weighted by Gasteiger charge is -2.02. The van der Waals surface area contributed by atoms with Gasteiger partial charge in [0.2, 0.25) is 0 Å². The first-order valence-corrected chi connectivity index (χ1v) is 6.67. The monoisotopic (exact) mass is 313 g/mol. The largest absolute Gasteiger partial charge is 0.497 e. The fourth-order valence-corrected chi connectivity index (χ4v) is 2.52. The third-order valence-corrected chi connectivity index (χ3v) is 3.57. The molecule has 0 saturated heterocycles. The molecule has 0 radical (unpaired) electrons. The van der Waals surface area contributed by atoms with Gasteiger partial charge >= 0.3 is 11.4 Å². The molecular weight excluding hydrogens is 302 g/mol. The van der Waals surface area contributed by atoms with Gasteiger partial charge in [-0.1, -0.05) is 18.2 Å². The Balaban J connectivity index is 2.13.